The quantitative estimate of drug-likeness (QED) is 0.795. The second-order valence-electron chi connectivity index (χ2n) is 6.54. The summed E-state index contributed by atoms with van der Waals surface area (Å²) in [6.07, 6.45) is 5.52. The highest BCUT2D eigenvalue weighted by atomic mass is 16.5. The first-order valence-electron chi connectivity index (χ1n) is 8.51. The van der Waals surface area contributed by atoms with Gasteiger partial charge in [-0.2, -0.15) is 0 Å². The molecule has 0 N–H and O–H groups in total. The van der Waals surface area contributed by atoms with Gasteiger partial charge in [0.05, 0.1) is 24.5 Å². The molecule has 0 radical (unpaired) electrons. The van der Waals surface area contributed by atoms with Crippen molar-refractivity contribution in [1.82, 2.24) is 24.3 Å². The Hall–Kier alpha value is -2.25. The van der Waals surface area contributed by atoms with Gasteiger partial charge >= 0.3 is 0 Å². The van der Waals surface area contributed by atoms with E-state index in [1.807, 2.05) is 18.6 Å². The molecule has 0 aromatic carbocycles. The summed E-state index contributed by atoms with van der Waals surface area (Å²) in [7, 11) is 3.46. The zero-order chi connectivity index (χ0) is 17.8. The predicted molar refractivity (Wildman–Crippen MR) is 93.6 cm³/mol. The Kier molecular flexibility index (Phi) is 5.45. The van der Waals surface area contributed by atoms with Crippen LogP contribution in [0.4, 0.5) is 0 Å². The molecule has 1 unspecified atom stereocenters. The lowest BCUT2D eigenvalue weighted by Gasteiger charge is -2.34. The van der Waals surface area contributed by atoms with Gasteiger partial charge in [-0.1, -0.05) is 0 Å². The van der Waals surface area contributed by atoms with E-state index in [2.05, 4.69) is 38.5 Å². The van der Waals surface area contributed by atoms with Gasteiger partial charge in [-0.3, -0.25) is 14.7 Å². The van der Waals surface area contributed by atoms with Gasteiger partial charge in [0.15, 0.2) is 0 Å². The van der Waals surface area contributed by atoms with Gasteiger partial charge in [0, 0.05) is 46.1 Å². The largest absolute Gasteiger partial charge is 0.365 e. The third-order valence-electron chi connectivity index (χ3n) is 4.61. The maximum Gasteiger partial charge on any atom is 0.248 e. The molecule has 1 aliphatic rings. The molecule has 0 saturated heterocycles. The van der Waals surface area contributed by atoms with Crippen LogP contribution in [0, 0.1) is 0 Å². The molecular weight excluding hydrogens is 318 g/mol. The Morgan fingerprint density at radius 3 is 2.80 bits per heavy atom. The van der Waals surface area contributed by atoms with Crippen LogP contribution in [0.2, 0.25) is 0 Å². The summed E-state index contributed by atoms with van der Waals surface area (Å²) in [4.78, 5) is 24.2. The topological polar surface area (TPSA) is 63.5 Å². The lowest BCUT2D eigenvalue weighted by molar-refractivity contribution is -0.134. The average molecular weight is 343 g/mol. The number of amides is 1. The zero-order valence-corrected chi connectivity index (χ0v) is 15.1. The van der Waals surface area contributed by atoms with Crippen molar-refractivity contribution in [3.05, 3.63) is 47.8 Å². The summed E-state index contributed by atoms with van der Waals surface area (Å²) in [6, 6.07) is 4.34. The summed E-state index contributed by atoms with van der Waals surface area (Å²) in [6.45, 7) is 5.40. The number of carbonyl (C=O) groups excluding carboxylic acids is 1. The summed E-state index contributed by atoms with van der Waals surface area (Å²) >= 11 is 0. The minimum absolute atomic E-state index is 0.0322. The van der Waals surface area contributed by atoms with Gasteiger partial charge < -0.3 is 14.2 Å². The Labute approximate surface area is 148 Å². The number of imidazole rings is 1. The van der Waals surface area contributed by atoms with Gasteiger partial charge in [-0.05, 0) is 24.6 Å². The molecule has 7 nitrogen and oxygen atoms in total. The normalized spacial score (nSPS) is 17.3. The molecule has 3 rings (SSSR count). The highest BCUT2D eigenvalue weighted by Gasteiger charge is 2.27. The first-order chi connectivity index (χ1) is 12.1. The minimum atomic E-state index is -0.0322. The zero-order valence-electron chi connectivity index (χ0n) is 15.1. The van der Waals surface area contributed by atoms with Crippen LogP contribution in [0.5, 0.6) is 0 Å². The Morgan fingerprint density at radius 2 is 2.08 bits per heavy atom. The van der Waals surface area contributed by atoms with Crippen molar-refractivity contribution in [2.24, 2.45) is 0 Å². The van der Waals surface area contributed by atoms with Gasteiger partial charge in [-0.15, -0.1) is 0 Å². The summed E-state index contributed by atoms with van der Waals surface area (Å²) in [5.74, 6) is 1.02. The van der Waals surface area contributed by atoms with Crippen LogP contribution in [-0.2, 0) is 29.2 Å². The standard InChI is InChI=1S/C18H25N5O2/c1-14-18-20-10-16(12-25-13-17(24)21(2)3)23(18)9-8-22(14)11-15-4-6-19-7-5-15/h4-7,10,14H,8-9,11-13H2,1-3H3. The number of hydrogen-bond donors (Lipinski definition) is 0. The number of aromatic nitrogens is 3. The van der Waals surface area contributed by atoms with Crippen molar-refractivity contribution in [2.75, 3.05) is 27.2 Å². The van der Waals surface area contributed by atoms with Crippen LogP contribution >= 0.6 is 0 Å². The second kappa shape index (κ2) is 7.76. The van der Waals surface area contributed by atoms with E-state index >= 15 is 0 Å². The fourth-order valence-corrected chi connectivity index (χ4v) is 3.03. The van der Waals surface area contributed by atoms with Crippen LogP contribution < -0.4 is 0 Å². The number of rotatable bonds is 6. The molecule has 0 fully saturated rings. The number of nitrogens with zero attached hydrogens (tertiary/aromatic N) is 5. The number of ether oxygens (including phenoxy) is 1. The average Bonchev–Trinajstić information content (AvgIpc) is 3.02. The maximum atomic E-state index is 11.6. The van der Waals surface area contributed by atoms with E-state index in [-0.39, 0.29) is 18.6 Å². The number of likely N-dealkylation sites (N-methyl/N-ethyl adjacent to an activating group) is 1. The smallest absolute Gasteiger partial charge is 0.248 e. The molecule has 0 bridgehead atoms. The number of pyridine rings is 1. The second-order valence-corrected chi connectivity index (χ2v) is 6.54. The molecule has 1 aliphatic heterocycles. The first kappa shape index (κ1) is 17.6. The first-order valence-corrected chi connectivity index (χ1v) is 8.51. The SMILES string of the molecule is CC1c2ncc(COCC(=O)N(C)C)n2CCN1Cc1ccncc1. The van der Waals surface area contributed by atoms with Crippen molar-refractivity contribution in [3.8, 4) is 0 Å². The summed E-state index contributed by atoms with van der Waals surface area (Å²) in [5, 5.41) is 0. The molecule has 2 aromatic rings. The fourth-order valence-electron chi connectivity index (χ4n) is 3.03. The number of fused-ring (bicyclic) bond motifs is 1. The van der Waals surface area contributed by atoms with Crippen LogP contribution in [-0.4, -0.2) is 57.5 Å². The van der Waals surface area contributed by atoms with E-state index in [0.29, 0.717) is 6.61 Å². The highest BCUT2D eigenvalue weighted by Crippen LogP contribution is 2.27. The van der Waals surface area contributed by atoms with E-state index < -0.39 is 0 Å². The summed E-state index contributed by atoms with van der Waals surface area (Å²) < 4.78 is 7.77. The molecule has 3 heterocycles. The van der Waals surface area contributed by atoms with Gasteiger partial charge in [0.25, 0.3) is 0 Å². The molecule has 0 spiro atoms. The molecule has 7 heteroatoms. The molecule has 1 amide bonds. The highest BCUT2D eigenvalue weighted by molar-refractivity contribution is 5.76. The van der Waals surface area contributed by atoms with Crippen molar-refractivity contribution < 1.29 is 9.53 Å². The molecule has 2 aromatic heterocycles. The maximum absolute atomic E-state index is 11.6. The fraction of sp³-hybridized carbons (Fsp3) is 0.500. The molecule has 1 atom stereocenters. The third kappa shape index (κ3) is 4.05. The van der Waals surface area contributed by atoms with Crippen LogP contribution in [0.1, 0.15) is 30.0 Å². The monoisotopic (exact) mass is 343 g/mol. The van der Waals surface area contributed by atoms with Crippen molar-refractivity contribution in [1.29, 1.82) is 0 Å². The van der Waals surface area contributed by atoms with E-state index in [9.17, 15) is 4.79 Å². The van der Waals surface area contributed by atoms with E-state index in [0.717, 1.165) is 31.2 Å². The summed E-state index contributed by atoms with van der Waals surface area (Å²) in [5.41, 5.74) is 2.28. The Morgan fingerprint density at radius 1 is 1.32 bits per heavy atom. The van der Waals surface area contributed by atoms with Gasteiger partial charge in [0.1, 0.15) is 12.4 Å². The number of carbonyl (C=O) groups is 1. The van der Waals surface area contributed by atoms with E-state index in [4.69, 9.17) is 4.74 Å². The van der Waals surface area contributed by atoms with Crippen LogP contribution in [0.15, 0.2) is 30.7 Å². The molecule has 0 saturated carbocycles. The van der Waals surface area contributed by atoms with Gasteiger partial charge in [0.2, 0.25) is 5.91 Å². The van der Waals surface area contributed by atoms with Crippen molar-refractivity contribution >= 4 is 5.91 Å². The lowest BCUT2D eigenvalue weighted by Crippen LogP contribution is -2.37. The van der Waals surface area contributed by atoms with Crippen LogP contribution in [0.25, 0.3) is 0 Å². The lowest BCUT2D eigenvalue weighted by atomic mass is 10.1. The predicted octanol–water partition coefficient (Wildman–Crippen LogP) is 1.46. The number of hydrogen-bond acceptors (Lipinski definition) is 5. The van der Waals surface area contributed by atoms with Crippen molar-refractivity contribution in [3.63, 3.8) is 0 Å². The minimum Gasteiger partial charge on any atom is -0.365 e. The van der Waals surface area contributed by atoms with Gasteiger partial charge in [-0.25, -0.2) is 4.98 Å². The van der Waals surface area contributed by atoms with Crippen molar-refractivity contribution in [2.45, 2.75) is 32.7 Å². The van der Waals surface area contributed by atoms with Crippen LogP contribution in [0.3, 0.4) is 0 Å². The molecular formula is C18H25N5O2. The van der Waals surface area contributed by atoms with E-state index in [1.54, 1.807) is 14.1 Å². The molecule has 134 valence electrons. The molecule has 0 aliphatic carbocycles. The Bertz CT molecular complexity index is 714. The Balaban J connectivity index is 1.62. The van der Waals surface area contributed by atoms with E-state index in [1.165, 1.54) is 10.5 Å². The molecule has 25 heavy (non-hydrogen) atoms. The third-order valence-corrected chi connectivity index (χ3v) is 4.61.